The van der Waals surface area contributed by atoms with Gasteiger partial charge in [-0.1, -0.05) is 12.1 Å². The molecule has 2 fully saturated rings. The first kappa shape index (κ1) is 20.0. The molecule has 0 saturated carbocycles. The lowest BCUT2D eigenvalue weighted by Gasteiger charge is -2.33. The monoisotopic (exact) mass is 390 g/mol. The molecule has 28 heavy (non-hydrogen) atoms. The normalized spacial score (nSPS) is 24.0. The number of carbonyl (C=O) groups is 2. The average molecular weight is 390 g/mol. The number of amides is 1. The molecule has 0 aliphatic carbocycles. The van der Waals surface area contributed by atoms with Gasteiger partial charge in [-0.05, 0) is 25.5 Å². The molecular formula is C19H23FN4O4. The Morgan fingerprint density at radius 3 is 2.93 bits per heavy atom. The maximum atomic E-state index is 14.0. The van der Waals surface area contributed by atoms with Gasteiger partial charge in [0.25, 0.3) is 12.4 Å². The summed E-state index contributed by atoms with van der Waals surface area (Å²) in [7, 11) is 0. The van der Waals surface area contributed by atoms with Crippen LogP contribution in [0.3, 0.4) is 0 Å². The van der Waals surface area contributed by atoms with Crippen LogP contribution in [0.15, 0.2) is 30.5 Å². The Kier molecular flexibility index (Phi) is 6.37. The van der Waals surface area contributed by atoms with Crippen LogP contribution in [0.2, 0.25) is 0 Å². The van der Waals surface area contributed by atoms with Gasteiger partial charge in [0.2, 0.25) is 0 Å². The smallest absolute Gasteiger partial charge is 0.290 e. The summed E-state index contributed by atoms with van der Waals surface area (Å²) in [5.41, 5.74) is 1.11. The van der Waals surface area contributed by atoms with Gasteiger partial charge in [-0.2, -0.15) is 5.10 Å². The van der Waals surface area contributed by atoms with Gasteiger partial charge in [0, 0.05) is 30.7 Å². The van der Waals surface area contributed by atoms with Crippen molar-refractivity contribution < 1.29 is 23.8 Å². The third-order valence-corrected chi connectivity index (χ3v) is 4.96. The number of carbonyl (C=O) groups excluding carboxylic acids is 1. The van der Waals surface area contributed by atoms with Crippen LogP contribution in [0.1, 0.15) is 23.7 Å². The standard InChI is InChI=1S/C18H21FN4O2.CH2O2/c1-11-8-23-9-12(6-13(23)10-25-11)21-18(24)15-7-20-22-17(15)14-4-2-3-5-16(14)19;2-1-3/h2-5,7,11-13H,6,8-10H2,1H3,(H,20,22)(H,21,24);1H,(H,2,3)/t11-,12+,13+;/m1./s1. The van der Waals surface area contributed by atoms with E-state index in [-0.39, 0.29) is 30.3 Å². The fourth-order valence-electron chi connectivity index (χ4n) is 3.73. The largest absolute Gasteiger partial charge is 0.483 e. The van der Waals surface area contributed by atoms with Crippen LogP contribution in [0.25, 0.3) is 11.3 Å². The van der Waals surface area contributed by atoms with Crippen molar-refractivity contribution in [2.75, 3.05) is 19.7 Å². The number of hydrogen-bond donors (Lipinski definition) is 3. The van der Waals surface area contributed by atoms with E-state index < -0.39 is 0 Å². The highest BCUT2D eigenvalue weighted by Gasteiger charge is 2.37. The number of rotatable bonds is 3. The van der Waals surface area contributed by atoms with Crippen molar-refractivity contribution in [3.8, 4) is 11.3 Å². The van der Waals surface area contributed by atoms with Crippen molar-refractivity contribution in [2.24, 2.45) is 0 Å². The summed E-state index contributed by atoms with van der Waals surface area (Å²) >= 11 is 0. The number of aromatic amines is 1. The molecule has 3 N–H and O–H groups in total. The maximum absolute atomic E-state index is 14.0. The molecule has 3 heterocycles. The van der Waals surface area contributed by atoms with Crippen LogP contribution in [0, 0.1) is 5.82 Å². The Hall–Kier alpha value is -2.78. The summed E-state index contributed by atoms with van der Waals surface area (Å²) in [5.74, 6) is -0.615. The molecule has 2 aliphatic heterocycles. The fraction of sp³-hybridized carbons (Fsp3) is 0.421. The molecule has 2 aliphatic rings. The predicted molar refractivity (Wildman–Crippen MR) is 99.3 cm³/mol. The number of ether oxygens (including phenoxy) is 1. The van der Waals surface area contributed by atoms with Crippen LogP contribution in [-0.4, -0.2) is 70.5 Å². The van der Waals surface area contributed by atoms with Gasteiger partial charge in [0.1, 0.15) is 5.82 Å². The first-order valence-electron chi connectivity index (χ1n) is 9.06. The fourth-order valence-corrected chi connectivity index (χ4v) is 3.73. The third-order valence-electron chi connectivity index (χ3n) is 4.96. The lowest BCUT2D eigenvalue weighted by molar-refractivity contribution is -0.122. The summed E-state index contributed by atoms with van der Waals surface area (Å²) in [5, 5.41) is 16.6. The van der Waals surface area contributed by atoms with Crippen LogP contribution in [0.5, 0.6) is 0 Å². The zero-order valence-corrected chi connectivity index (χ0v) is 15.5. The summed E-state index contributed by atoms with van der Waals surface area (Å²) in [6.07, 6.45) is 2.54. The summed E-state index contributed by atoms with van der Waals surface area (Å²) in [6, 6.07) is 6.78. The second-order valence-corrected chi connectivity index (χ2v) is 6.90. The molecule has 1 aromatic heterocycles. The van der Waals surface area contributed by atoms with E-state index in [0.717, 1.165) is 19.5 Å². The second-order valence-electron chi connectivity index (χ2n) is 6.90. The van der Waals surface area contributed by atoms with Gasteiger partial charge in [-0.15, -0.1) is 0 Å². The molecule has 2 saturated heterocycles. The number of fused-ring (bicyclic) bond motifs is 1. The number of benzene rings is 1. The van der Waals surface area contributed by atoms with E-state index in [2.05, 4.69) is 27.3 Å². The zero-order chi connectivity index (χ0) is 20.1. The number of hydrogen-bond acceptors (Lipinski definition) is 5. The van der Waals surface area contributed by atoms with Crippen molar-refractivity contribution in [3.05, 3.63) is 41.8 Å². The van der Waals surface area contributed by atoms with Crippen molar-refractivity contribution in [1.29, 1.82) is 0 Å². The van der Waals surface area contributed by atoms with Crippen molar-refractivity contribution in [3.63, 3.8) is 0 Å². The number of carboxylic acid groups (broad SMARTS) is 1. The minimum Gasteiger partial charge on any atom is -0.483 e. The van der Waals surface area contributed by atoms with Crippen LogP contribution < -0.4 is 5.32 Å². The van der Waals surface area contributed by atoms with E-state index >= 15 is 0 Å². The first-order chi connectivity index (χ1) is 13.5. The highest BCUT2D eigenvalue weighted by atomic mass is 19.1. The SMILES string of the molecule is C[C@@H]1CN2C[C@@H](NC(=O)c3cn[nH]c3-c3ccccc3F)C[C@H]2CO1.O=CO. The van der Waals surface area contributed by atoms with E-state index in [4.69, 9.17) is 14.6 Å². The van der Waals surface area contributed by atoms with E-state index in [0.29, 0.717) is 29.5 Å². The van der Waals surface area contributed by atoms with Crippen LogP contribution >= 0.6 is 0 Å². The molecule has 3 atom stereocenters. The van der Waals surface area contributed by atoms with E-state index in [9.17, 15) is 9.18 Å². The highest BCUT2D eigenvalue weighted by molar-refractivity contribution is 6.00. The van der Waals surface area contributed by atoms with E-state index in [1.807, 2.05) is 0 Å². The minimum absolute atomic E-state index is 0.0646. The molecule has 0 radical (unpaired) electrons. The molecule has 0 bridgehead atoms. The lowest BCUT2D eigenvalue weighted by Crippen LogP contribution is -2.45. The number of nitrogens with zero attached hydrogens (tertiary/aromatic N) is 2. The van der Waals surface area contributed by atoms with Gasteiger partial charge >= 0.3 is 0 Å². The molecule has 4 rings (SSSR count). The quantitative estimate of drug-likeness (QED) is 0.686. The number of nitrogens with one attached hydrogen (secondary N) is 2. The summed E-state index contributed by atoms with van der Waals surface area (Å²) in [4.78, 5) is 23.4. The number of aromatic nitrogens is 2. The lowest BCUT2D eigenvalue weighted by atomic mass is 10.1. The van der Waals surface area contributed by atoms with Crippen LogP contribution in [-0.2, 0) is 9.53 Å². The number of halogens is 1. The maximum Gasteiger partial charge on any atom is 0.290 e. The predicted octanol–water partition coefficient (Wildman–Crippen LogP) is 1.51. The Balaban J connectivity index is 0.000000706. The topological polar surface area (TPSA) is 108 Å². The van der Waals surface area contributed by atoms with Crippen LogP contribution in [0.4, 0.5) is 4.39 Å². The van der Waals surface area contributed by atoms with Crippen molar-refractivity contribution >= 4 is 12.4 Å². The molecule has 0 spiro atoms. The molecule has 0 unspecified atom stereocenters. The Labute approximate surface area is 161 Å². The summed E-state index contributed by atoms with van der Waals surface area (Å²) < 4.78 is 19.7. The van der Waals surface area contributed by atoms with Gasteiger partial charge in [0.15, 0.2) is 0 Å². The molecule has 9 heteroatoms. The van der Waals surface area contributed by atoms with Gasteiger partial charge < -0.3 is 15.2 Å². The molecular weight excluding hydrogens is 367 g/mol. The minimum atomic E-state index is -0.384. The molecule has 2 aromatic rings. The van der Waals surface area contributed by atoms with E-state index in [1.165, 1.54) is 12.3 Å². The Bertz CT molecular complexity index is 828. The van der Waals surface area contributed by atoms with Gasteiger partial charge in [0.05, 0.1) is 30.2 Å². The van der Waals surface area contributed by atoms with Gasteiger partial charge in [-0.25, -0.2) is 4.39 Å². The summed E-state index contributed by atoms with van der Waals surface area (Å²) in [6.45, 7) is 4.23. The zero-order valence-electron chi connectivity index (χ0n) is 15.5. The van der Waals surface area contributed by atoms with Gasteiger partial charge in [-0.3, -0.25) is 19.6 Å². The molecule has 1 amide bonds. The number of morpholine rings is 1. The highest BCUT2D eigenvalue weighted by Crippen LogP contribution is 2.26. The second kappa shape index (κ2) is 8.94. The number of H-pyrrole nitrogens is 1. The average Bonchev–Trinajstić information content (AvgIpc) is 3.29. The molecule has 8 nitrogen and oxygen atoms in total. The van der Waals surface area contributed by atoms with E-state index in [1.54, 1.807) is 18.2 Å². The van der Waals surface area contributed by atoms with Crippen molar-refractivity contribution in [2.45, 2.75) is 31.5 Å². The Morgan fingerprint density at radius 1 is 1.43 bits per heavy atom. The Morgan fingerprint density at radius 2 is 2.18 bits per heavy atom. The molecule has 1 aromatic carbocycles. The third kappa shape index (κ3) is 4.37. The first-order valence-corrected chi connectivity index (χ1v) is 9.06. The van der Waals surface area contributed by atoms with Crippen molar-refractivity contribution in [1.82, 2.24) is 20.4 Å². The molecule has 150 valence electrons.